The summed E-state index contributed by atoms with van der Waals surface area (Å²) in [5, 5.41) is 2.58. The van der Waals surface area contributed by atoms with Gasteiger partial charge in [-0.05, 0) is 60.2 Å². The fourth-order valence-electron chi connectivity index (χ4n) is 2.40. The molecular weight excluding hydrogens is 348 g/mol. The largest absolute Gasteiger partial charge is 0.322 e. The zero-order valence-electron chi connectivity index (χ0n) is 14.2. The number of ketones is 1. The SMILES string of the molecule is O=C(/C=C/c1ccc(F)cc1)c1ccc(NC(=O)c2ccccc2F)cc1. The smallest absolute Gasteiger partial charge is 0.258 e. The number of anilines is 1. The molecule has 0 spiro atoms. The minimum Gasteiger partial charge on any atom is -0.322 e. The summed E-state index contributed by atoms with van der Waals surface area (Å²) in [4.78, 5) is 24.3. The maximum Gasteiger partial charge on any atom is 0.258 e. The first-order valence-corrected chi connectivity index (χ1v) is 8.17. The summed E-state index contributed by atoms with van der Waals surface area (Å²) in [5.41, 5.74) is 1.53. The Morgan fingerprint density at radius 3 is 2.15 bits per heavy atom. The maximum atomic E-state index is 13.6. The zero-order chi connectivity index (χ0) is 19.2. The van der Waals surface area contributed by atoms with E-state index in [4.69, 9.17) is 0 Å². The van der Waals surface area contributed by atoms with Crippen LogP contribution < -0.4 is 5.32 Å². The minimum atomic E-state index is -0.604. The van der Waals surface area contributed by atoms with Crippen molar-refractivity contribution in [2.75, 3.05) is 5.32 Å². The van der Waals surface area contributed by atoms with Crippen molar-refractivity contribution < 1.29 is 18.4 Å². The van der Waals surface area contributed by atoms with Crippen LogP contribution in [0.4, 0.5) is 14.5 Å². The molecule has 0 radical (unpaired) electrons. The molecule has 1 amide bonds. The number of hydrogen-bond acceptors (Lipinski definition) is 2. The molecule has 0 aliphatic carbocycles. The second-order valence-corrected chi connectivity index (χ2v) is 5.76. The highest BCUT2D eigenvalue weighted by atomic mass is 19.1. The third-order valence-electron chi connectivity index (χ3n) is 3.84. The van der Waals surface area contributed by atoms with Gasteiger partial charge >= 0.3 is 0 Å². The molecule has 0 aliphatic rings. The van der Waals surface area contributed by atoms with Crippen LogP contribution in [0.1, 0.15) is 26.3 Å². The van der Waals surface area contributed by atoms with Crippen LogP contribution in [0.3, 0.4) is 0 Å². The third-order valence-corrected chi connectivity index (χ3v) is 3.84. The van der Waals surface area contributed by atoms with Crippen molar-refractivity contribution in [1.29, 1.82) is 0 Å². The Morgan fingerprint density at radius 2 is 1.48 bits per heavy atom. The molecule has 3 aromatic rings. The van der Waals surface area contributed by atoms with Gasteiger partial charge in [0.1, 0.15) is 11.6 Å². The van der Waals surface area contributed by atoms with Gasteiger partial charge in [-0.25, -0.2) is 8.78 Å². The lowest BCUT2D eigenvalue weighted by Crippen LogP contribution is -2.13. The molecule has 0 bridgehead atoms. The molecule has 0 saturated carbocycles. The van der Waals surface area contributed by atoms with Gasteiger partial charge in [0.2, 0.25) is 0 Å². The number of carbonyl (C=O) groups is 2. The second-order valence-electron chi connectivity index (χ2n) is 5.76. The molecule has 27 heavy (non-hydrogen) atoms. The van der Waals surface area contributed by atoms with Gasteiger partial charge in [-0.2, -0.15) is 0 Å². The third kappa shape index (κ3) is 4.73. The fraction of sp³-hybridized carbons (Fsp3) is 0. The molecule has 0 atom stereocenters. The van der Waals surface area contributed by atoms with E-state index in [0.29, 0.717) is 16.8 Å². The molecule has 134 valence electrons. The summed E-state index contributed by atoms with van der Waals surface area (Å²) >= 11 is 0. The van der Waals surface area contributed by atoms with Crippen molar-refractivity contribution >= 4 is 23.5 Å². The number of hydrogen-bond donors (Lipinski definition) is 1. The van der Waals surface area contributed by atoms with Crippen molar-refractivity contribution in [3.05, 3.63) is 107 Å². The molecule has 5 heteroatoms. The summed E-state index contributed by atoms with van der Waals surface area (Å²) in [5.74, 6) is -1.74. The van der Waals surface area contributed by atoms with Crippen LogP contribution in [-0.2, 0) is 0 Å². The van der Waals surface area contributed by atoms with E-state index in [-0.39, 0.29) is 17.2 Å². The number of allylic oxidation sites excluding steroid dienone is 1. The average molecular weight is 363 g/mol. The maximum absolute atomic E-state index is 13.6. The van der Waals surface area contributed by atoms with E-state index in [0.717, 1.165) is 0 Å². The van der Waals surface area contributed by atoms with Crippen LogP contribution in [-0.4, -0.2) is 11.7 Å². The van der Waals surface area contributed by atoms with E-state index in [1.165, 1.54) is 36.4 Å². The molecule has 0 heterocycles. The normalized spacial score (nSPS) is 10.7. The fourth-order valence-corrected chi connectivity index (χ4v) is 2.40. The molecule has 3 aromatic carbocycles. The van der Waals surface area contributed by atoms with Gasteiger partial charge in [-0.1, -0.05) is 30.3 Å². The number of nitrogens with one attached hydrogen (secondary N) is 1. The molecule has 0 saturated heterocycles. The molecule has 0 unspecified atom stereocenters. The molecule has 1 N–H and O–H groups in total. The minimum absolute atomic E-state index is 0.0557. The van der Waals surface area contributed by atoms with Gasteiger partial charge in [0.25, 0.3) is 5.91 Å². The molecule has 0 aliphatic heterocycles. The first-order valence-electron chi connectivity index (χ1n) is 8.17. The topological polar surface area (TPSA) is 46.2 Å². The van der Waals surface area contributed by atoms with Gasteiger partial charge < -0.3 is 5.32 Å². The quantitative estimate of drug-likeness (QED) is 0.506. The molecule has 0 aromatic heterocycles. The van der Waals surface area contributed by atoms with Gasteiger partial charge in [0.15, 0.2) is 5.78 Å². The number of rotatable bonds is 5. The number of carbonyl (C=O) groups excluding carboxylic acids is 2. The monoisotopic (exact) mass is 363 g/mol. The average Bonchev–Trinajstić information content (AvgIpc) is 2.68. The van der Waals surface area contributed by atoms with Crippen molar-refractivity contribution in [3.8, 4) is 0 Å². The van der Waals surface area contributed by atoms with E-state index in [1.807, 2.05) is 0 Å². The van der Waals surface area contributed by atoms with Crippen molar-refractivity contribution in [1.82, 2.24) is 0 Å². The second kappa shape index (κ2) is 8.19. The Morgan fingerprint density at radius 1 is 0.815 bits per heavy atom. The number of amides is 1. The van der Waals surface area contributed by atoms with Gasteiger partial charge in [-0.15, -0.1) is 0 Å². The Balaban J connectivity index is 1.66. The predicted octanol–water partition coefficient (Wildman–Crippen LogP) is 5.11. The van der Waals surface area contributed by atoms with Crippen LogP contribution in [0.2, 0.25) is 0 Å². The van der Waals surface area contributed by atoms with Crippen LogP contribution in [0.25, 0.3) is 6.08 Å². The standard InChI is InChI=1S/C22H15F2NO2/c23-17-10-5-15(6-11-17)7-14-21(26)16-8-12-18(13-9-16)25-22(27)19-3-1-2-4-20(19)24/h1-14H,(H,25,27)/b14-7+. The Kier molecular flexibility index (Phi) is 5.52. The highest BCUT2D eigenvalue weighted by Gasteiger charge is 2.11. The van der Waals surface area contributed by atoms with Crippen LogP contribution >= 0.6 is 0 Å². The van der Waals surface area contributed by atoms with Crippen LogP contribution in [0.5, 0.6) is 0 Å². The molecule has 3 nitrogen and oxygen atoms in total. The predicted molar refractivity (Wildman–Crippen MR) is 101 cm³/mol. The molecule has 3 rings (SSSR count). The van der Waals surface area contributed by atoms with E-state index in [2.05, 4.69) is 5.32 Å². The molecular formula is C22H15F2NO2. The summed E-state index contributed by atoms with van der Waals surface area (Å²) < 4.78 is 26.5. The van der Waals surface area contributed by atoms with E-state index < -0.39 is 11.7 Å². The van der Waals surface area contributed by atoms with Gasteiger partial charge in [0, 0.05) is 11.3 Å². The van der Waals surface area contributed by atoms with Crippen LogP contribution in [0, 0.1) is 11.6 Å². The zero-order valence-corrected chi connectivity index (χ0v) is 14.2. The van der Waals surface area contributed by atoms with Crippen molar-refractivity contribution in [2.45, 2.75) is 0 Å². The lowest BCUT2D eigenvalue weighted by molar-refractivity contribution is 0.102. The number of halogens is 2. The highest BCUT2D eigenvalue weighted by Crippen LogP contribution is 2.14. The summed E-state index contributed by atoms with van der Waals surface area (Å²) in [6, 6.07) is 17.7. The Labute approximate surface area is 155 Å². The van der Waals surface area contributed by atoms with E-state index >= 15 is 0 Å². The van der Waals surface area contributed by atoms with Crippen LogP contribution in [0.15, 0.2) is 78.9 Å². The highest BCUT2D eigenvalue weighted by molar-refractivity contribution is 6.08. The van der Waals surface area contributed by atoms with E-state index in [9.17, 15) is 18.4 Å². The van der Waals surface area contributed by atoms with Gasteiger partial charge in [-0.3, -0.25) is 9.59 Å². The van der Waals surface area contributed by atoms with E-state index in [1.54, 1.807) is 48.5 Å². The van der Waals surface area contributed by atoms with Crippen molar-refractivity contribution in [3.63, 3.8) is 0 Å². The number of benzene rings is 3. The molecule has 0 fully saturated rings. The van der Waals surface area contributed by atoms with Gasteiger partial charge in [0.05, 0.1) is 5.56 Å². The first kappa shape index (κ1) is 18.2. The Bertz CT molecular complexity index is 994. The summed E-state index contributed by atoms with van der Waals surface area (Å²) in [6.07, 6.45) is 2.98. The lowest BCUT2D eigenvalue weighted by atomic mass is 10.1. The Hall–Kier alpha value is -3.60. The summed E-state index contributed by atoms with van der Waals surface area (Å²) in [6.45, 7) is 0. The summed E-state index contributed by atoms with van der Waals surface area (Å²) in [7, 11) is 0. The lowest BCUT2D eigenvalue weighted by Gasteiger charge is -2.06. The van der Waals surface area contributed by atoms with Crippen molar-refractivity contribution in [2.24, 2.45) is 0 Å². The first-order chi connectivity index (χ1) is 13.0.